The Morgan fingerprint density at radius 1 is 1.27 bits per heavy atom. The zero-order chi connectivity index (χ0) is 21.4. The van der Waals surface area contributed by atoms with E-state index in [0.29, 0.717) is 64.0 Å². The van der Waals surface area contributed by atoms with Crippen LogP contribution in [0.2, 0.25) is 0 Å². The molecule has 2 heterocycles. The number of rotatable bonds is 7. The van der Waals surface area contributed by atoms with E-state index in [0.717, 1.165) is 5.56 Å². The summed E-state index contributed by atoms with van der Waals surface area (Å²) in [4.78, 5) is 20.0. The first-order valence-corrected chi connectivity index (χ1v) is 9.90. The molecule has 1 aliphatic heterocycles. The van der Waals surface area contributed by atoms with Gasteiger partial charge in [0, 0.05) is 51.4 Å². The summed E-state index contributed by atoms with van der Waals surface area (Å²) in [6.07, 6.45) is -2.09. The Balaban J connectivity index is 0.00000450. The number of guanidine groups is 1. The molecular formula is C19H31F3IN5O2. The van der Waals surface area contributed by atoms with E-state index in [4.69, 9.17) is 4.42 Å². The predicted octanol–water partition coefficient (Wildman–Crippen LogP) is 2.86. The molecule has 2 N–H and O–H groups in total. The van der Waals surface area contributed by atoms with Crippen molar-refractivity contribution < 1.29 is 22.4 Å². The van der Waals surface area contributed by atoms with Gasteiger partial charge in [-0.05, 0) is 33.3 Å². The molecule has 1 aromatic rings. The summed E-state index contributed by atoms with van der Waals surface area (Å²) in [7, 11) is 0. The van der Waals surface area contributed by atoms with Gasteiger partial charge in [-0.3, -0.25) is 14.7 Å². The topological polar surface area (TPSA) is 73.1 Å². The van der Waals surface area contributed by atoms with E-state index in [1.54, 1.807) is 13.0 Å². The standard InChI is InChI=1S/C19H30F3N5O2.HI/c1-4-23-18(27-11-9-26(10-12-27)15(3)19(20,21)22)25-8-5-7-24-17(28)16-14(2)6-13-29-16;/h6,13,15H,4-5,7-12H2,1-3H3,(H,23,25)(H,24,28);1H. The van der Waals surface area contributed by atoms with Gasteiger partial charge in [-0.1, -0.05) is 0 Å². The van der Waals surface area contributed by atoms with Crippen molar-refractivity contribution >= 4 is 35.8 Å². The molecule has 1 aromatic heterocycles. The molecule has 7 nitrogen and oxygen atoms in total. The van der Waals surface area contributed by atoms with Crippen LogP contribution in [0.15, 0.2) is 21.7 Å². The number of aliphatic imine (C=N–C) groups is 1. The number of nitrogens with one attached hydrogen (secondary N) is 2. The molecule has 30 heavy (non-hydrogen) atoms. The molecule has 1 atom stereocenters. The van der Waals surface area contributed by atoms with E-state index >= 15 is 0 Å². The van der Waals surface area contributed by atoms with Crippen molar-refractivity contribution in [3.63, 3.8) is 0 Å². The van der Waals surface area contributed by atoms with Crippen LogP contribution in [0.5, 0.6) is 0 Å². The normalized spacial score (nSPS) is 16.7. The average Bonchev–Trinajstić information content (AvgIpc) is 3.11. The number of amides is 1. The number of hydrogen-bond donors (Lipinski definition) is 2. The highest BCUT2D eigenvalue weighted by atomic mass is 127. The lowest BCUT2D eigenvalue weighted by Gasteiger charge is -2.39. The fraction of sp³-hybridized carbons (Fsp3) is 0.684. The second-order valence-corrected chi connectivity index (χ2v) is 7.02. The van der Waals surface area contributed by atoms with E-state index in [1.807, 2.05) is 11.8 Å². The van der Waals surface area contributed by atoms with E-state index in [9.17, 15) is 18.0 Å². The lowest BCUT2D eigenvalue weighted by atomic mass is 10.2. The molecule has 1 saturated heterocycles. The van der Waals surface area contributed by atoms with Gasteiger partial charge in [0.15, 0.2) is 11.7 Å². The molecule has 0 saturated carbocycles. The minimum absolute atomic E-state index is 0. The number of furan rings is 1. The first-order valence-electron chi connectivity index (χ1n) is 9.90. The number of aryl methyl sites for hydroxylation is 1. The summed E-state index contributed by atoms with van der Waals surface area (Å²) in [5.74, 6) is 0.756. The van der Waals surface area contributed by atoms with Gasteiger partial charge < -0.3 is 20.0 Å². The van der Waals surface area contributed by atoms with Crippen LogP contribution in [0.3, 0.4) is 0 Å². The molecule has 172 valence electrons. The van der Waals surface area contributed by atoms with Crippen LogP contribution in [-0.4, -0.2) is 79.7 Å². The van der Waals surface area contributed by atoms with Gasteiger partial charge >= 0.3 is 6.18 Å². The highest BCUT2D eigenvalue weighted by Gasteiger charge is 2.41. The summed E-state index contributed by atoms with van der Waals surface area (Å²) in [6, 6.07) is 0.294. The molecule has 2 rings (SSSR count). The molecule has 0 radical (unpaired) electrons. The van der Waals surface area contributed by atoms with Gasteiger partial charge in [-0.15, -0.1) is 24.0 Å². The van der Waals surface area contributed by atoms with E-state index < -0.39 is 12.2 Å². The van der Waals surface area contributed by atoms with E-state index in [-0.39, 0.29) is 29.9 Å². The maximum atomic E-state index is 12.9. The van der Waals surface area contributed by atoms with Crippen molar-refractivity contribution in [3.8, 4) is 0 Å². The number of hydrogen-bond acceptors (Lipinski definition) is 4. The smallest absolute Gasteiger partial charge is 0.403 e. The lowest BCUT2D eigenvalue weighted by Crippen LogP contribution is -2.56. The molecule has 11 heteroatoms. The maximum Gasteiger partial charge on any atom is 0.403 e. The fourth-order valence-electron chi connectivity index (χ4n) is 3.11. The number of carbonyl (C=O) groups excluding carboxylic acids is 1. The number of halogens is 4. The third-order valence-electron chi connectivity index (χ3n) is 4.92. The predicted molar refractivity (Wildman–Crippen MR) is 120 cm³/mol. The molecule has 0 spiro atoms. The molecule has 1 unspecified atom stereocenters. The molecule has 1 fully saturated rings. The van der Waals surface area contributed by atoms with Crippen molar-refractivity contribution in [2.24, 2.45) is 4.99 Å². The van der Waals surface area contributed by atoms with Gasteiger partial charge in [0.2, 0.25) is 0 Å². The van der Waals surface area contributed by atoms with Crippen LogP contribution in [0.1, 0.15) is 36.4 Å². The fourth-order valence-corrected chi connectivity index (χ4v) is 3.11. The minimum Gasteiger partial charge on any atom is -0.459 e. The van der Waals surface area contributed by atoms with Gasteiger partial charge in [0.05, 0.1) is 6.26 Å². The van der Waals surface area contributed by atoms with E-state index in [2.05, 4.69) is 15.6 Å². The summed E-state index contributed by atoms with van der Waals surface area (Å²) in [5.41, 5.74) is 0.786. The van der Waals surface area contributed by atoms with Crippen LogP contribution < -0.4 is 10.6 Å². The lowest BCUT2D eigenvalue weighted by molar-refractivity contribution is -0.181. The average molecular weight is 545 g/mol. The molecular weight excluding hydrogens is 514 g/mol. The Hall–Kier alpha value is -1.50. The Bertz CT molecular complexity index is 688. The first kappa shape index (κ1) is 26.5. The van der Waals surface area contributed by atoms with Gasteiger partial charge in [-0.25, -0.2) is 0 Å². The van der Waals surface area contributed by atoms with Gasteiger partial charge in [-0.2, -0.15) is 13.2 Å². The molecule has 1 amide bonds. The minimum atomic E-state index is -4.21. The Labute approximate surface area is 192 Å². The van der Waals surface area contributed by atoms with Crippen molar-refractivity contribution in [2.75, 3.05) is 45.8 Å². The quantitative estimate of drug-likeness (QED) is 0.239. The zero-order valence-corrected chi connectivity index (χ0v) is 19.9. The van der Waals surface area contributed by atoms with Crippen molar-refractivity contribution in [3.05, 3.63) is 23.7 Å². The third-order valence-corrected chi connectivity index (χ3v) is 4.92. The number of carbonyl (C=O) groups is 1. The Kier molecular flexibility index (Phi) is 10.9. The summed E-state index contributed by atoms with van der Waals surface area (Å²) in [6.45, 7) is 8.23. The van der Waals surface area contributed by atoms with Crippen LogP contribution >= 0.6 is 24.0 Å². The Morgan fingerprint density at radius 3 is 2.47 bits per heavy atom. The van der Waals surface area contributed by atoms with Crippen LogP contribution in [0, 0.1) is 6.92 Å². The Morgan fingerprint density at radius 2 is 1.93 bits per heavy atom. The number of piperazine rings is 1. The monoisotopic (exact) mass is 545 g/mol. The van der Waals surface area contributed by atoms with Crippen LogP contribution in [0.25, 0.3) is 0 Å². The van der Waals surface area contributed by atoms with Crippen LogP contribution in [-0.2, 0) is 0 Å². The van der Waals surface area contributed by atoms with Crippen molar-refractivity contribution in [2.45, 2.75) is 39.4 Å². The molecule has 0 aromatic carbocycles. The number of nitrogens with zero attached hydrogens (tertiary/aromatic N) is 3. The molecule has 0 bridgehead atoms. The molecule has 1 aliphatic rings. The van der Waals surface area contributed by atoms with Crippen molar-refractivity contribution in [1.82, 2.24) is 20.4 Å². The molecule has 0 aliphatic carbocycles. The van der Waals surface area contributed by atoms with Gasteiger partial charge in [0.25, 0.3) is 5.91 Å². The maximum absolute atomic E-state index is 12.9. The second-order valence-electron chi connectivity index (χ2n) is 7.02. The highest BCUT2D eigenvalue weighted by molar-refractivity contribution is 14.0. The zero-order valence-electron chi connectivity index (χ0n) is 17.6. The highest BCUT2D eigenvalue weighted by Crippen LogP contribution is 2.25. The largest absolute Gasteiger partial charge is 0.459 e. The summed E-state index contributed by atoms with van der Waals surface area (Å²) < 4.78 is 43.8. The van der Waals surface area contributed by atoms with E-state index in [1.165, 1.54) is 18.1 Å². The summed E-state index contributed by atoms with van der Waals surface area (Å²) in [5, 5.41) is 5.98. The third kappa shape index (κ3) is 7.64. The first-order chi connectivity index (χ1) is 13.7. The van der Waals surface area contributed by atoms with Crippen molar-refractivity contribution in [1.29, 1.82) is 0 Å². The summed E-state index contributed by atoms with van der Waals surface area (Å²) >= 11 is 0. The van der Waals surface area contributed by atoms with Crippen LogP contribution in [0.4, 0.5) is 13.2 Å². The number of alkyl halides is 3. The SMILES string of the molecule is CCNC(=NCCCNC(=O)c1occc1C)N1CCN(C(C)C(F)(F)F)CC1.I. The second kappa shape index (κ2) is 12.4. The van der Waals surface area contributed by atoms with Gasteiger partial charge in [0.1, 0.15) is 6.04 Å².